The lowest BCUT2D eigenvalue weighted by atomic mass is 9.78. The predicted octanol–water partition coefficient (Wildman–Crippen LogP) is 1.72. The third-order valence-corrected chi connectivity index (χ3v) is 5.58. The van der Waals surface area contributed by atoms with E-state index in [1.807, 2.05) is 6.92 Å². The second-order valence-corrected chi connectivity index (χ2v) is 7.35. The fourth-order valence-corrected chi connectivity index (χ4v) is 3.55. The van der Waals surface area contributed by atoms with Gasteiger partial charge in [-0.3, -0.25) is 4.79 Å². The summed E-state index contributed by atoms with van der Waals surface area (Å²) < 4.78 is 1.42. The molecule has 1 aromatic heterocycles. The van der Waals surface area contributed by atoms with Crippen molar-refractivity contribution in [2.24, 2.45) is 11.8 Å². The van der Waals surface area contributed by atoms with Crippen molar-refractivity contribution in [3.05, 3.63) is 5.82 Å². The molecular weight excluding hydrogens is 286 g/mol. The molecule has 0 aromatic carbocycles. The predicted molar refractivity (Wildman–Crippen MR) is 84.3 cm³/mol. The Morgan fingerprint density at radius 2 is 2.14 bits per heavy atom. The lowest BCUT2D eigenvalue weighted by Crippen LogP contribution is -2.46. The van der Waals surface area contributed by atoms with E-state index in [9.17, 15) is 4.79 Å². The molecule has 4 atom stereocenters. The maximum absolute atomic E-state index is 12.4. The van der Waals surface area contributed by atoms with E-state index in [0.717, 1.165) is 6.42 Å². The number of nitrogens with two attached hydrogens (primary N) is 1. The lowest BCUT2D eigenvalue weighted by Gasteiger charge is -2.35. The topological polar surface area (TPSA) is 85.8 Å². The van der Waals surface area contributed by atoms with Gasteiger partial charge in [0.15, 0.2) is 0 Å². The zero-order chi connectivity index (χ0) is 15.6. The van der Waals surface area contributed by atoms with E-state index in [1.54, 1.807) is 6.92 Å². The summed E-state index contributed by atoms with van der Waals surface area (Å²) >= 11 is 1.34. The summed E-state index contributed by atoms with van der Waals surface area (Å²) in [5, 5.41) is 11.4. The van der Waals surface area contributed by atoms with Crippen LogP contribution in [0.1, 0.15) is 45.9 Å². The minimum absolute atomic E-state index is 0.0478. The highest BCUT2D eigenvalue weighted by molar-refractivity contribution is 8.00. The molecule has 2 rings (SSSR count). The number of amides is 1. The largest absolute Gasteiger partial charge is 0.352 e. The molecule has 7 heteroatoms. The van der Waals surface area contributed by atoms with Crippen molar-refractivity contribution in [1.82, 2.24) is 20.2 Å². The first kappa shape index (κ1) is 16.1. The summed E-state index contributed by atoms with van der Waals surface area (Å²) in [7, 11) is 0. The summed E-state index contributed by atoms with van der Waals surface area (Å²) in [6, 6.07) is 0.279. The Hall–Kier alpha value is -1.24. The van der Waals surface area contributed by atoms with Gasteiger partial charge >= 0.3 is 0 Å². The molecule has 1 aliphatic rings. The molecule has 0 saturated heterocycles. The van der Waals surface area contributed by atoms with E-state index in [4.69, 9.17) is 5.84 Å². The highest BCUT2D eigenvalue weighted by atomic mass is 32.2. The van der Waals surface area contributed by atoms with Gasteiger partial charge in [-0.25, -0.2) is 4.68 Å². The van der Waals surface area contributed by atoms with Crippen LogP contribution in [-0.2, 0) is 4.79 Å². The molecule has 118 valence electrons. The van der Waals surface area contributed by atoms with Crippen LogP contribution in [0.4, 0.5) is 0 Å². The monoisotopic (exact) mass is 311 g/mol. The quantitative estimate of drug-likeness (QED) is 0.653. The van der Waals surface area contributed by atoms with Gasteiger partial charge in [0.05, 0.1) is 5.25 Å². The summed E-state index contributed by atoms with van der Waals surface area (Å²) in [6.07, 6.45) is 3.52. The standard InChI is InChI=1S/C14H25N5OS/c1-8-6-5-7-12(9(8)2)16-13(20)10(3)21-14-18-17-11(4)19(14)15/h8-10,12H,5-7,15H2,1-4H3,(H,16,20)/t8-,9-,10-,12-/m0/s1. The molecular formula is C14H25N5OS. The third-order valence-electron chi connectivity index (χ3n) is 4.52. The fourth-order valence-electron chi connectivity index (χ4n) is 2.73. The van der Waals surface area contributed by atoms with Gasteiger partial charge in [-0.05, 0) is 32.1 Å². The molecule has 1 aliphatic carbocycles. The molecule has 0 radical (unpaired) electrons. The van der Waals surface area contributed by atoms with Crippen molar-refractivity contribution in [1.29, 1.82) is 0 Å². The maximum Gasteiger partial charge on any atom is 0.233 e. The number of hydrogen-bond acceptors (Lipinski definition) is 5. The van der Waals surface area contributed by atoms with Crippen LogP contribution in [0.15, 0.2) is 5.16 Å². The van der Waals surface area contributed by atoms with Crippen molar-refractivity contribution in [3.63, 3.8) is 0 Å². The van der Waals surface area contributed by atoms with Crippen molar-refractivity contribution in [3.8, 4) is 0 Å². The number of hydrogen-bond donors (Lipinski definition) is 2. The molecule has 1 heterocycles. The average Bonchev–Trinajstić information content (AvgIpc) is 2.75. The number of aromatic nitrogens is 3. The van der Waals surface area contributed by atoms with Gasteiger partial charge in [-0.1, -0.05) is 38.5 Å². The second-order valence-electron chi connectivity index (χ2n) is 6.04. The molecule has 21 heavy (non-hydrogen) atoms. The maximum atomic E-state index is 12.4. The molecule has 6 nitrogen and oxygen atoms in total. The molecule has 0 spiro atoms. The molecule has 0 aliphatic heterocycles. The molecule has 1 saturated carbocycles. The number of carbonyl (C=O) groups is 1. The Kier molecular flexibility index (Phi) is 5.13. The number of aryl methyl sites for hydroxylation is 1. The third kappa shape index (κ3) is 3.70. The first-order valence-corrected chi connectivity index (χ1v) is 8.42. The number of nitrogen functional groups attached to an aromatic ring is 1. The Balaban J connectivity index is 1.92. The number of thioether (sulfide) groups is 1. The molecule has 1 aromatic rings. The minimum atomic E-state index is -0.236. The summed E-state index contributed by atoms with van der Waals surface area (Å²) in [5.74, 6) is 7.70. The van der Waals surface area contributed by atoms with Crippen LogP contribution in [0.3, 0.4) is 0 Å². The van der Waals surface area contributed by atoms with Crippen molar-refractivity contribution in [2.75, 3.05) is 5.84 Å². The first-order chi connectivity index (χ1) is 9.90. The van der Waals surface area contributed by atoms with Gasteiger partial charge in [0.2, 0.25) is 11.1 Å². The zero-order valence-electron chi connectivity index (χ0n) is 13.2. The first-order valence-electron chi connectivity index (χ1n) is 7.54. The van der Waals surface area contributed by atoms with Gasteiger partial charge < -0.3 is 11.2 Å². The van der Waals surface area contributed by atoms with E-state index in [0.29, 0.717) is 22.8 Å². The normalized spacial score (nSPS) is 27.3. The van der Waals surface area contributed by atoms with Gasteiger partial charge in [-0.2, -0.15) is 0 Å². The van der Waals surface area contributed by atoms with E-state index in [1.165, 1.54) is 29.3 Å². The molecule has 0 bridgehead atoms. The van der Waals surface area contributed by atoms with Crippen LogP contribution in [0.5, 0.6) is 0 Å². The highest BCUT2D eigenvalue weighted by Gasteiger charge is 2.29. The Morgan fingerprint density at radius 3 is 2.76 bits per heavy atom. The number of carbonyl (C=O) groups excluding carboxylic acids is 1. The molecule has 0 unspecified atom stereocenters. The van der Waals surface area contributed by atoms with Crippen LogP contribution in [-0.4, -0.2) is 32.1 Å². The number of rotatable bonds is 4. The van der Waals surface area contributed by atoms with Crippen LogP contribution < -0.4 is 11.2 Å². The summed E-state index contributed by atoms with van der Waals surface area (Å²) in [4.78, 5) is 12.4. The average molecular weight is 311 g/mol. The lowest BCUT2D eigenvalue weighted by molar-refractivity contribution is -0.121. The molecule has 1 amide bonds. The van der Waals surface area contributed by atoms with E-state index >= 15 is 0 Å². The van der Waals surface area contributed by atoms with E-state index < -0.39 is 0 Å². The summed E-state index contributed by atoms with van der Waals surface area (Å²) in [5.41, 5.74) is 0. The number of nitrogens with zero attached hydrogens (tertiary/aromatic N) is 3. The van der Waals surface area contributed by atoms with E-state index in [-0.39, 0.29) is 17.2 Å². The Morgan fingerprint density at radius 1 is 1.43 bits per heavy atom. The second kappa shape index (κ2) is 6.68. The van der Waals surface area contributed by atoms with E-state index in [2.05, 4.69) is 29.4 Å². The van der Waals surface area contributed by atoms with Crippen molar-refractivity contribution >= 4 is 17.7 Å². The van der Waals surface area contributed by atoms with Gasteiger partial charge in [0.1, 0.15) is 5.82 Å². The van der Waals surface area contributed by atoms with Crippen molar-refractivity contribution in [2.45, 2.75) is 63.4 Å². The SMILES string of the molecule is Cc1nnc(S[C@@H](C)C(=O)N[C@H]2CCC[C@H](C)[C@@H]2C)n1N. The molecule has 3 N–H and O–H groups in total. The Bertz CT molecular complexity index is 504. The smallest absolute Gasteiger partial charge is 0.233 e. The Labute approximate surface area is 130 Å². The van der Waals surface area contributed by atoms with Gasteiger partial charge in [-0.15, -0.1) is 10.2 Å². The number of nitrogens with one attached hydrogen (secondary N) is 1. The van der Waals surface area contributed by atoms with Crippen LogP contribution >= 0.6 is 11.8 Å². The highest BCUT2D eigenvalue weighted by Crippen LogP contribution is 2.30. The minimum Gasteiger partial charge on any atom is -0.352 e. The van der Waals surface area contributed by atoms with Gasteiger partial charge in [0.25, 0.3) is 0 Å². The summed E-state index contributed by atoms with van der Waals surface area (Å²) in [6.45, 7) is 8.15. The van der Waals surface area contributed by atoms with Crippen LogP contribution in [0.2, 0.25) is 0 Å². The van der Waals surface area contributed by atoms with Crippen molar-refractivity contribution < 1.29 is 4.79 Å². The fraction of sp³-hybridized carbons (Fsp3) is 0.786. The van der Waals surface area contributed by atoms with Crippen LogP contribution in [0, 0.1) is 18.8 Å². The molecule has 1 fully saturated rings. The zero-order valence-corrected chi connectivity index (χ0v) is 14.0. The van der Waals surface area contributed by atoms with Crippen LogP contribution in [0.25, 0.3) is 0 Å². The van der Waals surface area contributed by atoms with Gasteiger partial charge in [0, 0.05) is 6.04 Å².